The van der Waals surface area contributed by atoms with Gasteiger partial charge in [0.1, 0.15) is 0 Å². The van der Waals surface area contributed by atoms with Gasteiger partial charge in [-0.15, -0.1) is 0 Å². The first-order valence-electron chi connectivity index (χ1n) is 15.9. The first kappa shape index (κ1) is 49.2. The van der Waals surface area contributed by atoms with E-state index in [-0.39, 0.29) is 18.1 Å². The first-order chi connectivity index (χ1) is 26.5. The van der Waals surface area contributed by atoms with E-state index in [2.05, 4.69) is 37.2 Å². The van der Waals surface area contributed by atoms with Crippen molar-refractivity contribution in [3.05, 3.63) is 117 Å². The number of anilines is 4. The van der Waals surface area contributed by atoms with E-state index in [9.17, 15) is 19.2 Å². The van der Waals surface area contributed by atoms with Crippen LogP contribution in [0.2, 0.25) is 15.1 Å². The van der Waals surface area contributed by atoms with Crippen molar-refractivity contribution in [3.63, 3.8) is 0 Å². The molecule has 0 aromatic heterocycles. The average molecular weight is 903 g/mol. The number of hydrogen-bond donors (Lipinski definition) is 4. The number of hydrogen-bond acceptors (Lipinski definition) is 8. The lowest BCUT2D eigenvalue weighted by Crippen LogP contribution is -2.30. The molecule has 20 heteroatoms. The zero-order valence-electron chi connectivity index (χ0n) is 31.8. The predicted molar refractivity (Wildman–Crippen MR) is 224 cm³/mol. The van der Waals surface area contributed by atoms with Crippen LogP contribution in [0.5, 0.6) is 0 Å². The highest BCUT2D eigenvalue weighted by Crippen LogP contribution is 2.25. The Balaban J connectivity index is 0.000000374. The Morgan fingerprint density at radius 3 is 1.14 bits per heavy atom. The highest BCUT2D eigenvalue weighted by Gasteiger charge is 2.10. The fourth-order valence-electron chi connectivity index (χ4n) is 3.30. The summed E-state index contributed by atoms with van der Waals surface area (Å²) in [7, 11) is 11.8. The summed E-state index contributed by atoms with van der Waals surface area (Å²) in [5, 5.41) is 16.4. The van der Waals surface area contributed by atoms with Crippen molar-refractivity contribution in [2.24, 2.45) is 0 Å². The fourth-order valence-corrected chi connectivity index (χ4v) is 3.99. The number of carbonyl (C=O) groups is 4. The molecule has 16 nitrogen and oxygen atoms in total. The molecule has 4 rings (SSSR count). The predicted octanol–water partition coefficient (Wildman–Crippen LogP) is 9.57. The van der Waals surface area contributed by atoms with Crippen LogP contribution in [0.1, 0.15) is 0 Å². The summed E-state index contributed by atoms with van der Waals surface area (Å²) in [6, 6.07) is 26.8. The zero-order valence-corrected chi connectivity index (χ0v) is 35.7. The molecule has 0 unspecified atom stereocenters. The van der Waals surface area contributed by atoms with Gasteiger partial charge >= 0.3 is 24.1 Å². The van der Waals surface area contributed by atoms with E-state index in [1.54, 1.807) is 66.7 Å². The summed E-state index contributed by atoms with van der Waals surface area (Å²) in [6.45, 7) is 0. The minimum Gasteiger partial charge on any atom is -0.306 e. The van der Waals surface area contributed by atoms with Gasteiger partial charge in [0.15, 0.2) is 0 Å². The van der Waals surface area contributed by atoms with Gasteiger partial charge in [0.05, 0.1) is 38.5 Å². The van der Waals surface area contributed by atoms with Gasteiger partial charge in [0.25, 0.3) is 0 Å². The van der Waals surface area contributed by atoms with Crippen molar-refractivity contribution in [2.75, 3.05) is 77.9 Å². The molecule has 0 saturated heterocycles. The molecule has 0 atom stereocenters. The summed E-state index contributed by atoms with van der Waals surface area (Å²) in [6.07, 6.45) is 0. The molecule has 0 aliphatic heterocycles. The average Bonchev–Trinajstić information content (AvgIpc) is 3.20. The van der Waals surface area contributed by atoms with Gasteiger partial charge in [-0.25, -0.2) is 39.4 Å². The third kappa shape index (κ3) is 19.7. The van der Waals surface area contributed by atoms with Crippen molar-refractivity contribution in [3.8, 4) is 0 Å². The van der Waals surface area contributed by atoms with E-state index < -0.39 is 6.03 Å². The van der Waals surface area contributed by atoms with Crippen molar-refractivity contribution in [1.82, 2.24) is 20.3 Å². The van der Waals surface area contributed by atoms with Crippen LogP contribution in [-0.4, -0.2) is 101 Å². The minimum absolute atomic E-state index is 0.297. The lowest BCUT2D eigenvalue weighted by molar-refractivity contribution is -0.0598. The molecule has 4 N–H and O–H groups in total. The third-order valence-corrected chi connectivity index (χ3v) is 8.15. The van der Waals surface area contributed by atoms with E-state index in [1.165, 1.54) is 56.6 Å². The van der Waals surface area contributed by atoms with E-state index >= 15 is 0 Å². The van der Waals surface area contributed by atoms with Crippen molar-refractivity contribution >= 4 is 97.6 Å². The molecule has 0 bridgehead atoms. The standard InChI is InChI=1S/C9H11BrN2O2.C9H10Cl2N2O2.C9H11ClN2O2.C9H12N2O2/c1-12(14-2)9(13)11-8-5-3-7(10)4-6-8;1-13(15-2)9(14)12-6-3-4-7(10)8(11)5-6;1-12(14-2)9(13)11-8-5-3-7(10)4-6-8;1-11(13-2)9(12)10-8-6-4-3-5-7-8/h3-6H,1-2H3,(H,11,13);3-5H,1-2H3,(H,12,14);3-6H,1-2H3,(H,11,13);3-7H,1-2H3,(H,10,12). The van der Waals surface area contributed by atoms with Crippen LogP contribution in [0.3, 0.4) is 0 Å². The van der Waals surface area contributed by atoms with Gasteiger partial charge in [0.2, 0.25) is 0 Å². The van der Waals surface area contributed by atoms with Crippen LogP contribution in [-0.2, 0) is 19.4 Å². The van der Waals surface area contributed by atoms with Gasteiger partial charge < -0.3 is 21.3 Å². The quantitative estimate of drug-likeness (QED) is 0.127. The highest BCUT2D eigenvalue weighted by atomic mass is 79.9. The number of urea groups is 4. The third-order valence-electron chi connectivity index (χ3n) is 6.63. The molecule has 4 aromatic rings. The highest BCUT2D eigenvalue weighted by molar-refractivity contribution is 9.10. The second kappa shape index (κ2) is 26.9. The number of nitrogens with zero attached hydrogens (tertiary/aromatic N) is 4. The fraction of sp³-hybridized carbons (Fsp3) is 0.222. The smallest absolute Gasteiger partial charge is 0.306 e. The zero-order chi connectivity index (χ0) is 42.2. The maximum absolute atomic E-state index is 11.4. The van der Waals surface area contributed by atoms with Crippen LogP contribution < -0.4 is 21.3 Å². The molecule has 0 heterocycles. The summed E-state index contributed by atoms with van der Waals surface area (Å²) in [5.41, 5.74) is 2.69. The summed E-state index contributed by atoms with van der Waals surface area (Å²) in [5.74, 6) is 0. The molecule has 0 saturated carbocycles. The minimum atomic E-state index is -0.393. The molecule has 0 aliphatic rings. The van der Waals surface area contributed by atoms with Crippen molar-refractivity contribution < 1.29 is 38.5 Å². The van der Waals surface area contributed by atoms with Gasteiger partial charge in [0, 0.05) is 60.4 Å². The maximum Gasteiger partial charge on any atom is 0.345 e. The molecule has 4 aromatic carbocycles. The number of nitrogens with one attached hydrogen (secondary N) is 4. The number of halogens is 4. The first-order valence-corrected chi connectivity index (χ1v) is 17.8. The topological polar surface area (TPSA) is 166 Å². The number of carbonyl (C=O) groups excluding carboxylic acids is 4. The van der Waals surface area contributed by atoms with Gasteiger partial charge in [-0.3, -0.25) is 19.4 Å². The summed E-state index contributed by atoms with van der Waals surface area (Å²) >= 11 is 20.5. The van der Waals surface area contributed by atoms with E-state index in [0.29, 0.717) is 26.4 Å². The largest absolute Gasteiger partial charge is 0.345 e. The number of benzene rings is 4. The summed E-state index contributed by atoms with van der Waals surface area (Å²) in [4.78, 5) is 64.0. The second-order valence-electron chi connectivity index (χ2n) is 10.4. The van der Waals surface area contributed by atoms with E-state index in [0.717, 1.165) is 36.1 Å². The Hall–Kier alpha value is -4.85. The Labute approximate surface area is 349 Å². The number of amides is 8. The van der Waals surface area contributed by atoms with Gasteiger partial charge in [-0.05, 0) is 78.9 Å². The van der Waals surface area contributed by atoms with Gasteiger partial charge in [-0.2, -0.15) is 0 Å². The SMILES string of the molecule is CON(C)C(=O)Nc1ccc(Br)cc1.CON(C)C(=O)Nc1ccc(Cl)c(Cl)c1.CON(C)C(=O)Nc1ccc(Cl)cc1.CON(C)C(=O)Nc1ccccc1. The molecular weight excluding hydrogens is 859 g/mol. The lowest BCUT2D eigenvalue weighted by Gasteiger charge is -2.14. The summed E-state index contributed by atoms with van der Waals surface area (Å²) < 4.78 is 0.968. The Bertz CT molecular complexity index is 1730. The number of hydroxylamine groups is 8. The molecule has 8 amide bonds. The Morgan fingerprint density at radius 2 is 0.786 bits per heavy atom. The molecule has 0 spiro atoms. The molecule has 304 valence electrons. The molecule has 0 aliphatic carbocycles. The van der Waals surface area contributed by atoms with Crippen LogP contribution in [0.15, 0.2) is 102 Å². The number of para-hydroxylation sites is 1. The van der Waals surface area contributed by atoms with Gasteiger partial charge in [-0.1, -0.05) is 68.9 Å². The van der Waals surface area contributed by atoms with E-state index in [4.69, 9.17) is 54.2 Å². The van der Waals surface area contributed by atoms with Crippen LogP contribution in [0.25, 0.3) is 0 Å². The molecule has 0 radical (unpaired) electrons. The normalized spacial score (nSPS) is 9.64. The van der Waals surface area contributed by atoms with E-state index in [1.807, 2.05) is 30.3 Å². The second-order valence-corrected chi connectivity index (χ2v) is 12.6. The Kier molecular flexibility index (Phi) is 23.6. The molecular formula is C36H44BrCl3N8O8. The number of rotatable bonds is 8. The molecule has 56 heavy (non-hydrogen) atoms. The van der Waals surface area contributed by atoms with Crippen LogP contribution >= 0.6 is 50.7 Å². The maximum atomic E-state index is 11.4. The Morgan fingerprint density at radius 1 is 0.464 bits per heavy atom. The lowest BCUT2D eigenvalue weighted by atomic mass is 10.3. The van der Waals surface area contributed by atoms with Crippen LogP contribution in [0, 0.1) is 0 Å². The molecule has 0 fully saturated rings. The monoisotopic (exact) mass is 900 g/mol. The van der Waals surface area contributed by atoms with Crippen molar-refractivity contribution in [1.29, 1.82) is 0 Å². The van der Waals surface area contributed by atoms with Crippen LogP contribution in [0.4, 0.5) is 41.9 Å². The van der Waals surface area contributed by atoms with Crippen molar-refractivity contribution in [2.45, 2.75) is 0 Å².